The van der Waals surface area contributed by atoms with Crippen LogP contribution < -0.4 is 10.9 Å². The third kappa shape index (κ3) is 5.13. The maximum absolute atomic E-state index is 12.4. The number of rotatable bonds is 9. The van der Waals surface area contributed by atoms with E-state index < -0.39 is 22.4 Å². The first-order valence-corrected chi connectivity index (χ1v) is 8.20. The van der Waals surface area contributed by atoms with Gasteiger partial charge >= 0.3 is 5.97 Å². The van der Waals surface area contributed by atoms with Crippen LogP contribution in [0.25, 0.3) is 10.9 Å². The van der Waals surface area contributed by atoms with Gasteiger partial charge in [0.05, 0.1) is 10.5 Å². The first-order valence-electron chi connectivity index (χ1n) is 8.20. The average Bonchev–Trinajstić information content (AvgIpc) is 2.59. The largest absolute Gasteiger partial charge is 0.481 e. The van der Waals surface area contributed by atoms with E-state index in [4.69, 9.17) is 5.11 Å². The highest BCUT2D eigenvalue weighted by Gasteiger charge is 2.15. The molecule has 0 radical (unpaired) electrons. The molecular weight excluding hydrogens is 342 g/mol. The molecule has 0 aliphatic rings. The van der Waals surface area contributed by atoms with E-state index in [1.165, 1.54) is 18.2 Å². The van der Waals surface area contributed by atoms with Gasteiger partial charge in [0.15, 0.2) is 0 Å². The zero-order chi connectivity index (χ0) is 19.1. The fourth-order valence-corrected chi connectivity index (χ4v) is 2.60. The lowest BCUT2D eigenvalue weighted by molar-refractivity contribution is -0.384. The molecule has 9 heteroatoms. The van der Waals surface area contributed by atoms with Crippen LogP contribution in [0.3, 0.4) is 0 Å². The first-order chi connectivity index (χ1) is 12.4. The molecule has 0 unspecified atom stereocenters. The molecule has 1 heterocycles. The van der Waals surface area contributed by atoms with Crippen molar-refractivity contribution in [2.75, 3.05) is 6.54 Å². The minimum Gasteiger partial charge on any atom is -0.481 e. The van der Waals surface area contributed by atoms with Gasteiger partial charge in [-0.1, -0.05) is 12.8 Å². The van der Waals surface area contributed by atoms with Gasteiger partial charge in [0.25, 0.3) is 11.6 Å². The molecular formula is C17H19N3O6. The number of benzene rings is 1. The normalized spacial score (nSPS) is 10.6. The van der Waals surface area contributed by atoms with Crippen molar-refractivity contribution in [3.8, 4) is 0 Å². The maximum atomic E-state index is 12.4. The van der Waals surface area contributed by atoms with Crippen molar-refractivity contribution >= 4 is 28.5 Å². The van der Waals surface area contributed by atoms with Crippen LogP contribution in [-0.2, 0) is 4.79 Å². The molecule has 0 fully saturated rings. The highest BCUT2D eigenvalue weighted by Crippen LogP contribution is 2.21. The second-order valence-electron chi connectivity index (χ2n) is 5.85. The average molecular weight is 361 g/mol. The second-order valence-corrected chi connectivity index (χ2v) is 5.85. The lowest BCUT2D eigenvalue weighted by Crippen LogP contribution is -2.26. The number of hydrogen-bond acceptors (Lipinski definition) is 5. The maximum Gasteiger partial charge on any atom is 0.303 e. The number of nitro benzene ring substituents is 1. The fourth-order valence-electron chi connectivity index (χ4n) is 2.60. The van der Waals surface area contributed by atoms with Gasteiger partial charge in [0, 0.05) is 42.1 Å². The minimum atomic E-state index is -0.825. The van der Waals surface area contributed by atoms with Crippen molar-refractivity contribution in [1.29, 1.82) is 0 Å². The second kappa shape index (κ2) is 8.75. The van der Waals surface area contributed by atoms with E-state index in [0.717, 1.165) is 18.9 Å². The summed E-state index contributed by atoms with van der Waals surface area (Å²) >= 11 is 0. The zero-order valence-corrected chi connectivity index (χ0v) is 14.0. The number of non-ortho nitro benzene ring substituents is 1. The Labute approximate surface area is 148 Å². The SMILES string of the molecule is O=C(O)CCCCCCNC(=O)c1cc(=O)[nH]c2ccc([N+](=O)[O-])cc12. The van der Waals surface area contributed by atoms with Gasteiger partial charge in [-0.3, -0.25) is 24.5 Å². The Morgan fingerprint density at radius 3 is 2.58 bits per heavy atom. The number of carboxylic acid groups (broad SMARTS) is 1. The van der Waals surface area contributed by atoms with Crippen LogP contribution in [0.1, 0.15) is 42.5 Å². The molecule has 138 valence electrons. The Morgan fingerprint density at radius 1 is 1.15 bits per heavy atom. The Kier molecular flexibility index (Phi) is 6.42. The number of nitrogens with zero attached hydrogens (tertiary/aromatic N) is 1. The van der Waals surface area contributed by atoms with Gasteiger partial charge in [0.1, 0.15) is 0 Å². The van der Waals surface area contributed by atoms with Crippen molar-refractivity contribution in [1.82, 2.24) is 10.3 Å². The summed E-state index contributed by atoms with van der Waals surface area (Å²) in [5, 5.41) is 22.5. The number of nitro groups is 1. The summed E-state index contributed by atoms with van der Waals surface area (Å²) in [6.07, 6.45) is 2.92. The van der Waals surface area contributed by atoms with E-state index >= 15 is 0 Å². The van der Waals surface area contributed by atoms with Crippen LogP contribution in [-0.4, -0.2) is 33.4 Å². The highest BCUT2D eigenvalue weighted by molar-refractivity contribution is 6.06. The quantitative estimate of drug-likeness (QED) is 0.355. The smallest absolute Gasteiger partial charge is 0.303 e. The molecule has 0 aliphatic heterocycles. The van der Waals surface area contributed by atoms with Crippen LogP contribution in [0.5, 0.6) is 0 Å². The molecule has 9 nitrogen and oxygen atoms in total. The molecule has 0 aliphatic carbocycles. The lowest BCUT2D eigenvalue weighted by Gasteiger charge is -2.08. The number of aromatic nitrogens is 1. The predicted molar refractivity (Wildman–Crippen MR) is 94.3 cm³/mol. The minimum absolute atomic E-state index is 0.0818. The third-order valence-corrected chi connectivity index (χ3v) is 3.89. The topological polar surface area (TPSA) is 142 Å². The Balaban J connectivity index is 2.02. The molecule has 0 saturated carbocycles. The van der Waals surface area contributed by atoms with Gasteiger partial charge in [-0.25, -0.2) is 0 Å². The summed E-state index contributed by atoms with van der Waals surface area (Å²) in [6, 6.07) is 5.03. The summed E-state index contributed by atoms with van der Waals surface area (Å²) in [4.78, 5) is 47.4. The molecule has 0 saturated heterocycles. The van der Waals surface area contributed by atoms with Crippen LogP contribution in [0, 0.1) is 10.1 Å². The van der Waals surface area contributed by atoms with Gasteiger partial charge in [-0.05, 0) is 18.9 Å². The monoisotopic (exact) mass is 361 g/mol. The molecule has 0 atom stereocenters. The number of H-pyrrole nitrogens is 1. The van der Waals surface area contributed by atoms with Crippen molar-refractivity contribution in [3.63, 3.8) is 0 Å². The van der Waals surface area contributed by atoms with Crippen LogP contribution in [0.2, 0.25) is 0 Å². The van der Waals surface area contributed by atoms with E-state index in [0.29, 0.717) is 30.3 Å². The summed E-state index contributed by atoms with van der Waals surface area (Å²) in [5.74, 6) is -1.30. The van der Waals surface area contributed by atoms with Gasteiger partial charge in [-0.15, -0.1) is 0 Å². The Morgan fingerprint density at radius 2 is 1.88 bits per heavy atom. The number of aliphatic carboxylic acids is 1. The van der Waals surface area contributed by atoms with Crippen LogP contribution in [0.4, 0.5) is 5.69 Å². The Hall–Kier alpha value is -3.23. The molecule has 1 amide bonds. The lowest BCUT2D eigenvalue weighted by atomic mass is 10.1. The van der Waals surface area contributed by atoms with Crippen molar-refractivity contribution in [2.24, 2.45) is 0 Å². The third-order valence-electron chi connectivity index (χ3n) is 3.89. The van der Waals surface area contributed by atoms with E-state index in [2.05, 4.69) is 10.3 Å². The fraction of sp³-hybridized carbons (Fsp3) is 0.353. The summed E-state index contributed by atoms with van der Waals surface area (Å²) < 4.78 is 0. The Bertz CT molecular complexity index is 890. The number of pyridine rings is 1. The zero-order valence-electron chi connectivity index (χ0n) is 14.0. The number of fused-ring (bicyclic) bond motifs is 1. The summed E-state index contributed by atoms with van der Waals surface area (Å²) in [5.41, 5.74) is -0.206. The highest BCUT2D eigenvalue weighted by atomic mass is 16.6. The van der Waals surface area contributed by atoms with E-state index in [1.54, 1.807) is 0 Å². The number of amides is 1. The molecule has 1 aromatic carbocycles. The first kappa shape index (κ1) is 19.1. The number of aromatic amines is 1. The van der Waals surface area contributed by atoms with E-state index in [1.807, 2.05) is 0 Å². The van der Waals surface area contributed by atoms with Gasteiger partial charge in [-0.2, -0.15) is 0 Å². The number of unbranched alkanes of at least 4 members (excludes halogenated alkanes) is 3. The molecule has 0 bridgehead atoms. The van der Waals surface area contributed by atoms with Crippen LogP contribution in [0.15, 0.2) is 29.1 Å². The number of carbonyl (C=O) groups excluding carboxylic acids is 1. The standard InChI is InChI=1S/C17H19N3O6/c21-15-10-13(12-9-11(20(25)26)6-7-14(12)19-15)17(24)18-8-4-2-1-3-5-16(22)23/h6-7,9-10H,1-5,8H2,(H,18,24)(H,19,21)(H,22,23). The van der Waals surface area contributed by atoms with Gasteiger partial charge in [0.2, 0.25) is 5.56 Å². The van der Waals surface area contributed by atoms with E-state index in [9.17, 15) is 24.5 Å². The molecule has 2 rings (SSSR count). The predicted octanol–water partition coefficient (Wildman–Crippen LogP) is 2.20. The van der Waals surface area contributed by atoms with Crippen molar-refractivity contribution < 1.29 is 19.6 Å². The summed E-state index contributed by atoms with van der Waals surface area (Å²) in [6.45, 7) is 0.370. The number of nitrogens with one attached hydrogen (secondary N) is 2. The van der Waals surface area contributed by atoms with Crippen LogP contribution >= 0.6 is 0 Å². The van der Waals surface area contributed by atoms with Crippen molar-refractivity contribution in [3.05, 3.63) is 50.3 Å². The molecule has 26 heavy (non-hydrogen) atoms. The molecule has 0 spiro atoms. The molecule has 1 aromatic heterocycles. The van der Waals surface area contributed by atoms with Gasteiger partial charge < -0.3 is 15.4 Å². The molecule has 3 N–H and O–H groups in total. The molecule has 2 aromatic rings. The number of carbonyl (C=O) groups is 2. The number of hydrogen-bond donors (Lipinski definition) is 3. The van der Waals surface area contributed by atoms with Crippen molar-refractivity contribution in [2.45, 2.75) is 32.1 Å². The number of carboxylic acids is 1. The summed E-state index contributed by atoms with van der Waals surface area (Å²) in [7, 11) is 0. The van der Waals surface area contributed by atoms with E-state index in [-0.39, 0.29) is 17.7 Å².